The summed E-state index contributed by atoms with van der Waals surface area (Å²) in [6.07, 6.45) is 1.66. The molecule has 2 heterocycles. The third kappa shape index (κ3) is 4.68. The van der Waals surface area contributed by atoms with Crippen molar-refractivity contribution in [3.05, 3.63) is 28.0 Å². The van der Waals surface area contributed by atoms with E-state index in [2.05, 4.69) is 51.0 Å². The summed E-state index contributed by atoms with van der Waals surface area (Å²) in [5.41, 5.74) is 2.20. The summed E-state index contributed by atoms with van der Waals surface area (Å²) in [4.78, 5) is 2.29. The molecule has 0 saturated carbocycles. The van der Waals surface area contributed by atoms with Crippen LogP contribution in [0.5, 0.6) is 0 Å². The lowest BCUT2D eigenvalue weighted by Gasteiger charge is -2.34. The van der Waals surface area contributed by atoms with Crippen molar-refractivity contribution >= 4 is 39.2 Å². The third-order valence-corrected chi connectivity index (χ3v) is 5.87. The fourth-order valence-electron chi connectivity index (χ4n) is 3.71. The van der Waals surface area contributed by atoms with Gasteiger partial charge in [0.05, 0.1) is 28.5 Å². The Morgan fingerprint density at radius 2 is 2.15 bits per heavy atom. The van der Waals surface area contributed by atoms with E-state index in [-0.39, 0.29) is 6.67 Å². The molecule has 1 atom stereocenters. The first-order valence-corrected chi connectivity index (χ1v) is 10.2. The van der Waals surface area contributed by atoms with Crippen LogP contribution in [-0.4, -0.2) is 66.7 Å². The van der Waals surface area contributed by atoms with Gasteiger partial charge in [0.2, 0.25) is 0 Å². The summed E-state index contributed by atoms with van der Waals surface area (Å²) in [7, 11) is 1.61. The van der Waals surface area contributed by atoms with Gasteiger partial charge in [0.25, 0.3) is 0 Å². The maximum atomic E-state index is 12.8. The van der Waals surface area contributed by atoms with Gasteiger partial charge >= 0.3 is 0 Å². The first kappa shape index (κ1) is 19.9. The van der Waals surface area contributed by atoms with E-state index in [0.29, 0.717) is 25.7 Å². The second-order valence-corrected chi connectivity index (χ2v) is 7.98. The number of rotatable bonds is 8. The summed E-state index contributed by atoms with van der Waals surface area (Å²) in [6, 6.07) is 8.74. The van der Waals surface area contributed by atoms with E-state index in [0.717, 1.165) is 46.2 Å². The molecule has 1 unspecified atom stereocenters. The number of nitrogens with one attached hydrogen (secondary N) is 1. The highest BCUT2D eigenvalue weighted by atomic mass is 127. The number of halogens is 2. The molecule has 0 radical (unpaired) electrons. The van der Waals surface area contributed by atoms with Crippen LogP contribution >= 0.6 is 22.6 Å². The van der Waals surface area contributed by atoms with Crippen LogP contribution in [0, 0.1) is 3.70 Å². The SMILES string of the molecule is COCC(O)CN1CCC(Nc2cccc3c2cc(I)n3CCF)CC1. The van der Waals surface area contributed by atoms with Crippen LogP contribution < -0.4 is 5.32 Å². The van der Waals surface area contributed by atoms with Gasteiger partial charge in [-0.05, 0) is 53.6 Å². The standard InChI is InChI=1S/C19H27FIN3O2/c1-26-13-15(25)12-23-8-5-14(6-9-23)22-17-3-2-4-18-16(17)11-19(21)24(18)10-7-20/h2-4,11,14-15,22,25H,5-10,12-13H2,1H3. The van der Waals surface area contributed by atoms with Crippen molar-refractivity contribution in [1.29, 1.82) is 0 Å². The number of fused-ring (bicyclic) bond motifs is 1. The molecule has 1 aliphatic rings. The molecule has 0 amide bonds. The molecular formula is C19H27FIN3O2. The molecule has 1 aliphatic heterocycles. The van der Waals surface area contributed by atoms with Gasteiger partial charge in [-0.1, -0.05) is 6.07 Å². The molecule has 0 spiro atoms. The van der Waals surface area contributed by atoms with Crippen molar-refractivity contribution < 1.29 is 14.2 Å². The molecule has 144 valence electrons. The number of aliphatic hydroxyl groups is 1. The lowest BCUT2D eigenvalue weighted by molar-refractivity contribution is 0.0327. The second-order valence-electron chi connectivity index (χ2n) is 6.87. The number of anilines is 1. The van der Waals surface area contributed by atoms with Gasteiger partial charge in [-0.25, -0.2) is 4.39 Å². The van der Waals surface area contributed by atoms with Crippen LogP contribution in [0.2, 0.25) is 0 Å². The minimum absolute atomic E-state index is 0.356. The lowest BCUT2D eigenvalue weighted by atomic mass is 10.0. The largest absolute Gasteiger partial charge is 0.389 e. The predicted octanol–water partition coefficient (Wildman–Crippen LogP) is 3.10. The first-order chi connectivity index (χ1) is 12.6. The minimum atomic E-state index is -0.421. The zero-order valence-electron chi connectivity index (χ0n) is 15.1. The Balaban J connectivity index is 1.63. The maximum Gasteiger partial charge on any atom is 0.107 e. The Hall–Kier alpha value is -0.900. The summed E-state index contributed by atoms with van der Waals surface area (Å²) in [5.74, 6) is 0. The fraction of sp³-hybridized carbons (Fsp3) is 0.579. The van der Waals surface area contributed by atoms with Crippen LogP contribution in [0.4, 0.5) is 10.1 Å². The number of aliphatic hydroxyl groups excluding tert-OH is 1. The van der Waals surface area contributed by atoms with Crippen molar-refractivity contribution in [2.75, 3.05) is 45.3 Å². The van der Waals surface area contributed by atoms with Crippen molar-refractivity contribution in [2.24, 2.45) is 0 Å². The number of ether oxygens (including phenoxy) is 1. The van der Waals surface area contributed by atoms with E-state index in [4.69, 9.17) is 4.74 Å². The quantitative estimate of drug-likeness (QED) is 0.577. The van der Waals surface area contributed by atoms with Crippen molar-refractivity contribution in [1.82, 2.24) is 9.47 Å². The normalized spacial score (nSPS) is 17.7. The third-order valence-electron chi connectivity index (χ3n) is 4.98. The summed E-state index contributed by atoms with van der Waals surface area (Å²) < 4.78 is 20.9. The van der Waals surface area contributed by atoms with E-state index in [1.54, 1.807) is 7.11 Å². The number of aryl methyl sites for hydroxylation is 1. The Morgan fingerprint density at radius 1 is 1.38 bits per heavy atom. The molecule has 1 saturated heterocycles. The van der Waals surface area contributed by atoms with Gasteiger partial charge < -0.3 is 24.6 Å². The summed E-state index contributed by atoms with van der Waals surface area (Å²) >= 11 is 2.27. The van der Waals surface area contributed by atoms with Crippen molar-refractivity contribution in [3.63, 3.8) is 0 Å². The molecule has 1 fully saturated rings. The molecule has 7 heteroatoms. The number of benzene rings is 1. The topological polar surface area (TPSA) is 49.7 Å². The molecule has 26 heavy (non-hydrogen) atoms. The van der Waals surface area contributed by atoms with Gasteiger partial charge in [-0.15, -0.1) is 0 Å². The Morgan fingerprint density at radius 3 is 2.85 bits per heavy atom. The Labute approximate surface area is 167 Å². The molecule has 2 aromatic rings. The number of nitrogens with zero attached hydrogens (tertiary/aromatic N) is 2. The first-order valence-electron chi connectivity index (χ1n) is 9.12. The van der Waals surface area contributed by atoms with E-state index in [1.165, 1.54) is 0 Å². The number of aromatic nitrogens is 1. The number of methoxy groups -OCH3 is 1. The van der Waals surface area contributed by atoms with Gasteiger partial charge in [0, 0.05) is 43.9 Å². The average molecular weight is 475 g/mol. The molecule has 5 nitrogen and oxygen atoms in total. The van der Waals surface area contributed by atoms with Gasteiger partial charge in [-0.2, -0.15) is 0 Å². The summed E-state index contributed by atoms with van der Waals surface area (Å²) in [6.45, 7) is 3.02. The molecule has 3 rings (SSSR count). The van der Waals surface area contributed by atoms with Gasteiger partial charge in [0.15, 0.2) is 0 Å². The number of piperidine rings is 1. The van der Waals surface area contributed by atoms with E-state index in [1.807, 2.05) is 10.6 Å². The number of hydrogen-bond donors (Lipinski definition) is 2. The zero-order valence-corrected chi connectivity index (χ0v) is 17.3. The van der Waals surface area contributed by atoms with Crippen molar-refractivity contribution in [3.8, 4) is 0 Å². The van der Waals surface area contributed by atoms with Crippen LogP contribution in [0.1, 0.15) is 12.8 Å². The number of likely N-dealkylation sites (tertiary alicyclic amines) is 1. The fourth-order valence-corrected chi connectivity index (χ4v) is 4.53. The highest BCUT2D eigenvalue weighted by Gasteiger charge is 2.21. The van der Waals surface area contributed by atoms with Crippen LogP contribution in [0.3, 0.4) is 0 Å². The van der Waals surface area contributed by atoms with Crippen LogP contribution in [0.15, 0.2) is 24.3 Å². The Kier molecular flexibility index (Phi) is 7.13. The highest BCUT2D eigenvalue weighted by molar-refractivity contribution is 14.1. The zero-order chi connectivity index (χ0) is 18.5. The number of hydrogen-bond acceptors (Lipinski definition) is 4. The second kappa shape index (κ2) is 9.34. The summed E-state index contributed by atoms with van der Waals surface area (Å²) in [5, 5.41) is 14.7. The smallest absolute Gasteiger partial charge is 0.107 e. The lowest BCUT2D eigenvalue weighted by Crippen LogP contribution is -2.43. The minimum Gasteiger partial charge on any atom is -0.389 e. The van der Waals surface area contributed by atoms with Crippen LogP contribution in [-0.2, 0) is 11.3 Å². The van der Waals surface area contributed by atoms with E-state index < -0.39 is 6.10 Å². The van der Waals surface area contributed by atoms with E-state index in [9.17, 15) is 9.50 Å². The maximum absolute atomic E-state index is 12.8. The predicted molar refractivity (Wildman–Crippen MR) is 112 cm³/mol. The van der Waals surface area contributed by atoms with Gasteiger partial charge in [0.1, 0.15) is 6.67 Å². The molecule has 1 aromatic carbocycles. The van der Waals surface area contributed by atoms with Crippen LogP contribution in [0.25, 0.3) is 10.9 Å². The average Bonchev–Trinajstić information content (AvgIpc) is 2.94. The Bertz CT molecular complexity index is 716. The monoisotopic (exact) mass is 475 g/mol. The number of β-amino-alcohol motifs (C(OH)–C–C–N with tert-alkyl or cyclic N) is 1. The number of alkyl halides is 1. The molecular weight excluding hydrogens is 448 g/mol. The highest BCUT2D eigenvalue weighted by Crippen LogP contribution is 2.29. The molecule has 1 aromatic heterocycles. The van der Waals surface area contributed by atoms with Crippen molar-refractivity contribution in [2.45, 2.75) is 31.5 Å². The molecule has 0 bridgehead atoms. The molecule has 2 N–H and O–H groups in total. The molecule has 0 aliphatic carbocycles. The van der Waals surface area contributed by atoms with E-state index >= 15 is 0 Å². The van der Waals surface area contributed by atoms with Gasteiger partial charge in [-0.3, -0.25) is 0 Å².